The van der Waals surface area contributed by atoms with E-state index in [1.165, 1.54) is 31.2 Å². The minimum absolute atomic E-state index is 0.242. The lowest BCUT2D eigenvalue weighted by atomic mass is 9.97. The predicted octanol–water partition coefficient (Wildman–Crippen LogP) is 2.78. The van der Waals surface area contributed by atoms with Gasteiger partial charge < -0.3 is 10.6 Å². The van der Waals surface area contributed by atoms with E-state index < -0.39 is 0 Å². The molecule has 0 bridgehead atoms. The van der Waals surface area contributed by atoms with Crippen LogP contribution in [0.15, 0.2) is 24.3 Å². The molecule has 0 saturated heterocycles. The van der Waals surface area contributed by atoms with Crippen molar-refractivity contribution in [1.29, 1.82) is 0 Å². The van der Waals surface area contributed by atoms with E-state index >= 15 is 0 Å². The van der Waals surface area contributed by atoms with Crippen LogP contribution < -0.4 is 10.6 Å². The Morgan fingerprint density at radius 1 is 1.16 bits per heavy atom. The van der Waals surface area contributed by atoms with Gasteiger partial charge >= 0.3 is 0 Å². The second kappa shape index (κ2) is 5.33. The molecule has 2 saturated carbocycles. The molecule has 0 spiro atoms. The lowest BCUT2D eigenvalue weighted by molar-refractivity contribution is -0.121. The van der Waals surface area contributed by atoms with Crippen molar-refractivity contribution in [2.45, 2.75) is 32.2 Å². The molecule has 2 aliphatic rings. The van der Waals surface area contributed by atoms with Crippen molar-refractivity contribution >= 4 is 11.6 Å². The highest BCUT2D eigenvalue weighted by Gasteiger charge is 2.45. The molecular weight excluding hydrogens is 236 g/mol. The van der Waals surface area contributed by atoms with Gasteiger partial charge in [0.1, 0.15) is 0 Å². The number of amides is 1. The predicted molar refractivity (Wildman–Crippen MR) is 76.8 cm³/mol. The van der Waals surface area contributed by atoms with Crippen molar-refractivity contribution in [1.82, 2.24) is 5.32 Å². The van der Waals surface area contributed by atoms with Crippen LogP contribution in [0.5, 0.6) is 0 Å². The van der Waals surface area contributed by atoms with Crippen molar-refractivity contribution in [3.63, 3.8) is 0 Å². The van der Waals surface area contributed by atoms with Crippen LogP contribution in [-0.2, 0) is 11.3 Å². The Morgan fingerprint density at radius 2 is 1.74 bits per heavy atom. The molecule has 0 aliphatic heterocycles. The monoisotopic (exact) mass is 258 g/mol. The summed E-state index contributed by atoms with van der Waals surface area (Å²) in [4.78, 5) is 12.4. The minimum atomic E-state index is 0.242. The third-order valence-corrected chi connectivity index (χ3v) is 4.16. The molecule has 2 fully saturated rings. The first-order valence-corrected chi connectivity index (χ1v) is 7.32. The summed E-state index contributed by atoms with van der Waals surface area (Å²) in [7, 11) is 1.94. The average Bonchev–Trinajstić information content (AvgIpc) is 3.26. The number of hydrogen-bond donors (Lipinski definition) is 2. The first-order chi connectivity index (χ1) is 9.28. The fourth-order valence-corrected chi connectivity index (χ4v) is 2.86. The van der Waals surface area contributed by atoms with E-state index in [2.05, 4.69) is 22.8 Å². The first-order valence-electron chi connectivity index (χ1n) is 7.32. The summed E-state index contributed by atoms with van der Waals surface area (Å²) in [5.41, 5.74) is 2.16. The maximum atomic E-state index is 12.4. The van der Waals surface area contributed by atoms with Crippen LogP contribution in [0.1, 0.15) is 31.2 Å². The fourth-order valence-electron chi connectivity index (χ4n) is 2.86. The summed E-state index contributed by atoms with van der Waals surface area (Å²) < 4.78 is 0. The van der Waals surface area contributed by atoms with Crippen molar-refractivity contribution in [2.24, 2.45) is 17.8 Å². The quantitative estimate of drug-likeness (QED) is 0.824. The molecule has 3 nitrogen and oxygen atoms in total. The number of carbonyl (C=O) groups excluding carboxylic acids is 1. The van der Waals surface area contributed by atoms with E-state index in [1.54, 1.807) is 0 Å². The van der Waals surface area contributed by atoms with Gasteiger partial charge in [-0.05, 0) is 62.3 Å². The van der Waals surface area contributed by atoms with Crippen LogP contribution in [-0.4, -0.2) is 13.0 Å². The van der Waals surface area contributed by atoms with E-state index in [4.69, 9.17) is 0 Å². The topological polar surface area (TPSA) is 41.1 Å². The largest absolute Gasteiger partial charge is 0.326 e. The van der Waals surface area contributed by atoms with Gasteiger partial charge in [0.05, 0.1) is 0 Å². The van der Waals surface area contributed by atoms with Gasteiger partial charge in [0.15, 0.2) is 0 Å². The van der Waals surface area contributed by atoms with Crippen LogP contribution in [0.3, 0.4) is 0 Å². The molecule has 3 heteroatoms. The summed E-state index contributed by atoms with van der Waals surface area (Å²) in [6, 6.07) is 8.13. The molecule has 1 amide bonds. The third kappa shape index (κ3) is 3.16. The maximum Gasteiger partial charge on any atom is 0.228 e. The molecule has 0 aromatic heterocycles. The van der Waals surface area contributed by atoms with Gasteiger partial charge in [-0.2, -0.15) is 0 Å². The Morgan fingerprint density at radius 3 is 2.21 bits per heavy atom. The first kappa shape index (κ1) is 12.7. The average molecular weight is 258 g/mol. The number of nitrogens with one attached hydrogen (secondary N) is 2. The zero-order valence-corrected chi connectivity index (χ0v) is 11.5. The molecule has 2 N–H and O–H groups in total. The zero-order chi connectivity index (χ0) is 13.2. The van der Waals surface area contributed by atoms with Gasteiger partial charge in [-0.1, -0.05) is 12.1 Å². The highest BCUT2D eigenvalue weighted by Crippen LogP contribution is 2.49. The minimum Gasteiger partial charge on any atom is -0.326 e. The number of hydrogen-bond acceptors (Lipinski definition) is 2. The van der Waals surface area contributed by atoms with E-state index in [-0.39, 0.29) is 11.8 Å². The number of benzene rings is 1. The summed E-state index contributed by atoms with van der Waals surface area (Å²) in [6.45, 7) is 0.862. The second-order valence-corrected chi connectivity index (χ2v) is 5.92. The van der Waals surface area contributed by atoms with E-state index in [1.807, 2.05) is 19.2 Å². The lowest BCUT2D eigenvalue weighted by Crippen LogP contribution is -2.26. The van der Waals surface area contributed by atoms with Gasteiger partial charge in [-0.15, -0.1) is 0 Å². The Bertz CT molecular complexity index is 434. The summed E-state index contributed by atoms with van der Waals surface area (Å²) in [5, 5.41) is 6.22. The fraction of sp³-hybridized carbons (Fsp3) is 0.562. The van der Waals surface area contributed by atoms with Crippen LogP contribution in [0, 0.1) is 17.8 Å². The zero-order valence-electron chi connectivity index (χ0n) is 11.5. The highest BCUT2D eigenvalue weighted by atomic mass is 16.1. The number of anilines is 1. The Kier molecular flexibility index (Phi) is 3.56. The molecule has 102 valence electrons. The second-order valence-electron chi connectivity index (χ2n) is 5.92. The number of carbonyl (C=O) groups is 1. The molecule has 1 aromatic carbocycles. The van der Waals surface area contributed by atoms with Gasteiger partial charge in [0, 0.05) is 18.2 Å². The van der Waals surface area contributed by atoms with Crippen molar-refractivity contribution in [3.05, 3.63) is 29.8 Å². The van der Waals surface area contributed by atoms with Crippen LogP contribution in [0.4, 0.5) is 5.69 Å². The molecule has 19 heavy (non-hydrogen) atoms. The molecule has 0 radical (unpaired) electrons. The molecular formula is C16H22N2O. The summed E-state index contributed by atoms with van der Waals surface area (Å²) >= 11 is 0. The van der Waals surface area contributed by atoms with Crippen molar-refractivity contribution in [3.8, 4) is 0 Å². The van der Waals surface area contributed by atoms with Gasteiger partial charge in [0.25, 0.3) is 0 Å². The van der Waals surface area contributed by atoms with E-state index in [9.17, 15) is 4.79 Å². The Balaban J connectivity index is 1.61. The maximum absolute atomic E-state index is 12.4. The van der Waals surface area contributed by atoms with E-state index in [0.717, 1.165) is 12.2 Å². The molecule has 3 rings (SSSR count). The van der Waals surface area contributed by atoms with Crippen molar-refractivity contribution in [2.75, 3.05) is 12.4 Å². The van der Waals surface area contributed by atoms with Crippen LogP contribution in [0.25, 0.3) is 0 Å². The molecule has 1 aromatic rings. The summed E-state index contributed by atoms with van der Waals surface area (Å²) in [5.74, 6) is 1.84. The Hall–Kier alpha value is -1.35. The van der Waals surface area contributed by atoms with Gasteiger partial charge in [0.2, 0.25) is 5.91 Å². The summed E-state index contributed by atoms with van der Waals surface area (Å²) in [6.07, 6.45) is 4.98. The van der Waals surface area contributed by atoms with Crippen molar-refractivity contribution < 1.29 is 4.79 Å². The molecule has 2 aliphatic carbocycles. The lowest BCUT2D eigenvalue weighted by Gasteiger charge is -2.15. The Labute approximate surface area is 114 Å². The van der Waals surface area contributed by atoms with Gasteiger partial charge in [-0.25, -0.2) is 0 Å². The smallest absolute Gasteiger partial charge is 0.228 e. The third-order valence-electron chi connectivity index (χ3n) is 4.16. The SMILES string of the molecule is CNCc1ccc(NC(=O)C(C2CC2)C2CC2)cc1. The van der Waals surface area contributed by atoms with E-state index in [0.29, 0.717) is 11.8 Å². The molecule has 0 unspecified atom stereocenters. The van der Waals surface area contributed by atoms with Crippen LogP contribution >= 0.6 is 0 Å². The van der Waals surface area contributed by atoms with Gasteiger partial charge in [-0.3, -0.25) is 4.79 Å². The molecule has 0 heterocycles. The highest BCUT2D eigenvalue weighted by molar-refractivity contribution is 5.93. The molecule has 0 atom stereocenters. The normalized spacial score (nSPS) is 18.6. The number of rotatable bonds is 6. The standard InChI is InChI=1S/C16H22N2O/c1-17-10-11-2-8-14(9-3-11)18-16(19)15(12-4-5-12)13-6-7-13/h2-3,8-9,12-13,15,17H,4-7,10H2,1H3,(H,18,19). The van der Waals surface area contributed by atoms with Crippen LogP contribution in [0.2, 0.25) is 0 Å².